The van der Waals surface area contributed by atoms with Crippen LogP contribution in [0.25, 0.3) is 0 Å². The number of ketones is 1. The number of halogens is 2. The summed E-state index contributed by atoms with van der Waals surface area (Å²) in [5.41, 5.74) is 2.39. The van der Waals surface area contributed by atoms with Gasteiger partial charge in [-0.05, 0) is 48.1 Å². The Kier molecular flexibility index (Phi) is 5.21. The number of hydrogen-bond acceptors (Lipinski definition) is 2. The van der Waals surface area contributed by atoms with Gasteiger partial charge in [0.2, 0.25) is 0 Å². The minimum Gasteiger partial charge on any atom is -0.294 e. The highest BCUT2D eigenvalue weighted by atomic mass is 127. The monoisotopic (exact) mass is 402 g/mol. The Morgan fingerprint density at radius 3 is 2.50 bits per heavy atom. The van der Waals surface area contributed by atoms with Crippen LogP contribution in [0.5, 0.6) is 0 Å². The van der Waals surface area contributed by atoms with Crippen LogP contribution in [0.3, 0.4) is 0 Å². The maximum absolute atomic E-state index is 12.3. The van der Waals surface area contributed by atoms with Gasteiger partial charge in [0.15, 0.2) is 5.78 Å². The van der Waals surface area contributed by atoms with Crippen molar-refractivity contribution in [1.29, 1.82) is 0 Å². The molecule has 2 aromatic rings. The molecule has 2 rings (SSSR count). The molecule has 106 valence electrons. The SMILES string of the molecule is CCc1nn(CC)c(CC(=O)c2ccc(I)cc2)c1Cl. The molecule has 0 N–H and O–H groups in total. The van der Waals surface area contributed by atoms with Gasteiger partial charge in [0.25, 0.3) is 0 Å². The van der Waals surface area contributed by atoms with E-state index in [2.05, 4.69) is 27.7 Å². The van der Waals surface area contributed by atoms with Crippen molar-refractivity contribution in [2.24, 2.45) is 0 Å². The second-order valence-corrected chi connectivity index (χ2v) is 6.11. The highest BCUT2D eigenvalue weighted by Crippen LogP contribution is 2.23. The number of hydrogen-bond donors (Lipinski definition) is 0. The molecule has 1 aromatic heterocycles. The molecular formula is C15H16ClIN2O. The first-order chi connectivity index (χ1) is 9.56. The molecule has 0 aliphatic rings. The van der Waals surface area contributed by atoms with Crippen LogP contribution in [0.15, 0.2) is 24.3 Å². The van der Waals surface area contributed by atoms with Crippen molar-refractivity contribution in [3.05, 3.63) is 49.8 Å². The highest BCUT2D eigenvalue weighted by Gasteiger charge is 2.18. The predicted molar refractivity (Wildman–Crippen MR) is 89.5 cm³/mol. The molecule has 0 saturated carbocycles. The minimum atomic E-state index is 0.0700. The fourth-order valence-corrected chi connectivity index (χ4v) is 2.77. The summed E-state index contributed by atoms with van der Waals surface area (Å²) in [7, 11) is 0. The van der Waals surface area contributed by atoms with Gasteiger partial charge in [-0.25, -0.2) is 0 Å². The molecule has 1 heterocycles. The Hall–Kier alpha value is -0.880. The summed E-state index contributed by atoms with van der Waals surface area (Å²) in [4.78, 5) is 12.3. The van der Waals surface area contributed by atoms with E-state index in [9.17, 15) is 4.79 Å². The van der Waals surface area contributed by atoms with Crippen LogP contribution in [0.4, 0.5) is 0 Å². The largest absolute Gasteiger partial charge is 0.294 e. The zero-order valence-electron chi connectivity index (χ0n) is 11.5. The molecule has 0 unspecified atom stereocenters. The van der Waals surface area contributed by atoms with E-state index in [1.807, 2.05) is 42.8 Å². The van der Waals surface area contributed by atoms with E-state index in [1.54, 1.807) is 0 Å². The molecule has 1 aromatic carbocycles. The molecule has 0 amide bonds. The second-order valence-electron chi connectivity index (χ2n) is 4.48. The fraction of sp³-hybridized carbons (Fsp3) is 0.333. The number of carbonyl (C=O) groups is 1. The first kappa shape index (κ1) is 15.5. The third-order valence-electron chi connectivity index (χ3n) is 3.19. The lowest BCUT2D eigenvalue weighted by Crippen LogP contribution is -2.10. The molecule has 0 aliphatic carbocycles. The van der Waals surface area contributed by atoms with Crippen molar-refractivity contribution in [2.45, 2.75) is 33.2 Å². The molecule has 0 spiro atoms. The lowest BCUT2D eigenvalue weighted by molar-refractivity contribution is 0.0990. The summed E-state index contributed by atoms with van der Waals surface area (Å²) in [6.45, 7) is 4.73. The molecular weight excluding hydrogens is 387 g/mol. The second kappa shape index (κ2) is 6.72. The third kappa shape index (κ3) is 3.23. The van der Waals surface area contributed by atoms with Gasteiger partial charge in [-0.15, -0.1) is 0 Å². The van der Waals surface area contributed by atoms with Crippen molar-refractivity contribution in [1.82, 2.24) is 9.78 Å². The van der Waals surface area contributed by atoms with Crippen LogP contribution >= 0.6 is 34.2 Å². The van der Waals surface area contributed by atoms with Gasteiger partial charge in [-0.3, -0.25) is 9.48 Å². The summed E-state index contributed by atoms with van der Waals surface area (Å²) in [6.07, 6.45) is 1.07. The zero-order valence-corrected chi connectivity index (χ0v) is 14.4. The average Bonchev–Trinajstić information content (AvgIpc) is 2.76. The zero-order chi connectivity index (χ0) is 14.7. The average molecular weight is 403 g/mol. The normalized spacial score (nSPS) is 10.8. The summed E-state index contributed by atoms with van der Waals surface area (Å²) in [5.74, 6) is 0.0700. The predicted octanol–water partition coefficient (Wildman–Crippen LogP) is 4.15. The van der Waals surface area contributed by atoms with Crippen LogP contribution in [0.1, 0.15) is 35.6 Å². The molecule has 0 bridgehead atoms. The minimum absolute atomic E-state index is 0.0700. The molecule has 0 fully saturated rings. The molecule has 0 atom stereocenters. The highest BCUT2D eigenvalue weighted by molar-refractivity contribution is 14.1. The maximum Gasteiger partial charge on any atom is 0.168 e. The molecule has 3 nitrogen and oxygen atoms in total. The summed E-state index contributed by atoms with van der Waals surface area (Å²) in [5, 5.41) is 5.07. The number of aryl methyl sites for hydroxylation is 2. The topological polar surface area (TPSA) is 34.9 Å². The summed E-state index contributed by atoms with van der Waals surface area (Å²) in [6, 6.07) is 7.57. The summed E-state index contributed by atoms with van der Waals surface area (Å²) < 4.78 is 2.94. The third-order valence-corrected chi connectivity index (χ3v) is 4.34. The number of rotatable bonds is 5. The van der Waals surface area contributed by atoms with E-state index < -0.39 is 0 Å². The first-order valence-corrected chi connectivity index (χ1v) is 8.05. The smallest absolute Gasteiger partial charge is 0.168 e. The molecule has 0 radical (unpaired) electrons. The number of carbonyl (C=O) groups excluding carboxylic acids is 1. The first-order valence-electron chi connectivity index (χ1n) is 6.59. The van der Waals surface area contributed by atoms with Gasteiger partial charge < -0.3 is 0 Å². The molecule has 0 saturated heterocycles. The Balaban J connectivity index is 2.27. The summed E-state index contributed by atoms with van der Waals surface area (Å²) >= 11 is 8.55. The van der Waals surface area contributed by atoms with Crippen LogP contribution in [-0.2, 0) is 19.4 Å². The van der Waals surface area contributed by atoms with Crippen LogP contribution in [0.2, 0.25) is 5.02 Å². The molecule has 0 aliphatic heterocycles. The van der Waals surface area contributed by atoms with Gasteiger partial charge in [-0.1, -0.05) is 30.7 Å². The number of Topliss-reactive ketones (excluding diaryl/α,β-unsaturated/α-hetero) is 1. The van der Waals surface area contributed by atoms with E-state index in [0.717, 1.165) is 27.9 Å². The standard InChI is InChI=1S/C15H16ClIN2O/c1-3-12-15(16)13(19(4-2)18-12)9-14(20)10-5-7-11(17)8-6-10/h5-8H,3-4,9H2,1-2H3. The van der Waals surface area contributed by atoms with Gasteiger partial charge in [-0.2, -0.15) is 5.10 Å². The van der Waals surface area contributed by atoms with E-state index >= 15 is 0 Å². The number of benzene rings is 1. The van der Waals surface area contributed by atoms with Gasteiger partial charge >= 0.3 is 0 Å². The van der Waals surface area contributed by atoms with Crippen LogP contribution in [-0.4, -0.2) is 15.6 Å². The Bertz CT molecular complexity index is 620. The van der Waals surface area contributed by atoms with E-state index in [4.69, 9.17) is 11.6 Å². The van der Waals surface area contributed by atoms with E-state index in [-0.39, 0.29) is 5.78 Å². The van der Waals surface area contributed by atoms with Crippen molar-refractivity contribution >= 4 is 40.0 Å². The van der Waals surface area contributed by atoms with Gasteiger partial charge in [0.05, 0.1) is 22.8 Å². The molecule has 5 heteroatoms. The number of nitrogens with zero attached hydrogens (tertiary/aromatic N) is 2. The quantitative estimate of drug-likeness (QED) is 0.556. The Morgan fingerprint density at radius 2 is 1.95 bits per heavy atom. The van der Waals surface area contributed by atoms with Crippen molar-refractivity contribution in [3.63, 3.8) is 0 Å². The van der Waals surface area contributed by atoms with Crippen molar-refractivity contribution < 1.29 is 4.79 Å². The Labute approximate surface area is 137 Å². The fourth-order valence-electron chi connectivity index (χ4n) is 2.08. The number of aromatic nitrogens is 2. The van der Waals surface area contributed by atoms with E-state index in [0.29, 0.717) is 17.0 Å². The molecule has 20 heavy (non-hydrogen) atoms. The van der Waals surface area contributed by atoms with Crippen LogP contribution in [0, 0.1) is 3.57 Å². The maximum atomic E-state index is 12.3. The van der Waals surface area contributed by atoms with Gasteiger partial charge in [0.1, 0.15) is 0 Å². The van der Waals surface area contributed by atoms with Crippen LogP contribution < -0.4 is 0 Å². The van der Waals surface area contributed by atoms with Crippen molar-refractivity contribution in [2.75, 3.05) is 0 Å². The van der Waals surface area contributed by atoms with Crippen molar-refractivity contribution in [3.8, 4) is 0 Å². The lowest BCUT2D eigenvalue weighted by Gasteiger charge is -2.05. The van der Waals surface area contributed by atoms with Gasteiger partial charge in [0, 0.05) is 15.7 Å². The lowest BCUT2D eigenvalue weighted by atomic mass is 10.1. The van der Waals surface area contributed by atoms with E-state index in [1.165, 1.54) is 0 Å². The Morgan fingerprint density at radius 1 is 1.30 bits per heavy atom.